The molecule has 1 amide bonds. The minimum absolute atomic E-state index is 0.0662. The van der Waals surface area contributed by atoms with Gasteiger partial charge in [0.25, 0.3) is 0 Å². The van der Waals surface area contributed by atoms with Gasteiger partial charge in [0.15, 0.2) is 0 Å². The highest BCUT2D eigenvalue weighted by atomic mass is 16.5. The van der Waals surface area contributed by atoms with Crippen molar-refractivity contribution in [2.24, 2.45) is 7.05 Å². The third-order valence-corrected chi connectivity index (χ3v) is 6.21. The molecule has 0 radical (unpaired) electrons. The standard InChI is InChI=1S/C25H31N3O3/c1-27-18-22(19-7-3-5-9-23(19)27)21(20-8-4-6-10-24(20)30-2)17-25(29)26-11-12-28-13-15-31-16-14-28/h3-10,18,21H,11-17H2,1-2H3,(H,26,29)/p+1/t21-/m0/s1. The molecular weight excluding hydrogens is 390 g/mol. The van der Waals surface area contributed by atoms with Gasteiger partial charge in [-0.2, -0.15) is 0 Å². The van der Waals surface area contributed by atoms with Crippen molar-refractivity contribution in [2.45, 2.75) is 12.3 Å². The molecule has 1 aliphatic rings. The van der Waals surface area contributed by atoms with Crippen LogP contribution in [0.1, 0.15) is 23.5 Å². The van der Waals surface area contributed by atoms with E-state index >= 15 is 0 Å². The zero-order chi connectivity index (χ0) is 21.6. The topological polar surface area (TPSA) is 56.9 Å². The number of methoxy groups -OCH3 is 1. The van der Waals surface area contributed by atoms with Gasteiger partial charge in [0.2, 0.25) is 5.91 Å². The molecule has 4 rings (SSSR count). The van der Waals surface area contributed by atoms with E-state index in [2.05, 4.69) is 47.4 Å². The van der Waals surface area contributed by atoms with Gasteiger partial charge in [-0.1, -0.05) is 36.4 Å². The number of carbonyl (C=O) groups excluding carboxylic acids is 1. The number of aryl methyl sites for hydroxylation is 1. The third kappa shape index (κ3) is 4.92. The maximum atomic E-state index is 13.0. The van der Waals surface area contributed by atoms with Crippen LogP contribution in [0.5, 0.6) is 5.75 Å². The molecule has 1 fully saturated rings. The summed E-state index contributed by atoms with van der Waals surface area (Å²) >= 11 is 0. The molecule has 1 aliphatic heterocycles. The summed E-state index contributed by atoms with van der Waals surface area (Å²) in [6.45, 7) is 5.25. The van der Waals surface area contributed by atoms with Gasteiger partial charge in [-0.15, -0.1) is 0 Å². The molecule has 1 atom stereocenters. The van der Waals surface area contributed by atoms with Crippen molar-refractivity contribution >= 4 is 16.8 Å². The zero-order valence-corrected chi connectivity index (χ0v) is 18.4. The average Bonchev–Trinajstić information content (AvgIpc) is 3.15. The molecule has 2 aromatic carbocycles. The lowest BCUT2D eigenvalue weighted by molar-refractivity contribution is -0.906. The van der Waals surface area contributed by atoms with Gasteiger partial charge in [-0.25, -0.2) is 0 Å². The molecule has 164 valence electrons. The summed E-state index contributed by atoms with van der Waals surface area (Å²) in [5.41, 5.74) is 3.35. The van der Waals surface area contributed by atoms with Crippen LogP contribution in [0.3, 0.4) is 0 Å². The maximum Gasteiger partial charge on any atom is 0.221 e. The number of hydrogen-bond donors (Lipinski definition) is 2. The molecular formula is C25H32N3O3+. The minimum Gasteiger partial charge on any atom is -0.496 e. The first-order valence-electron chi connectivity index (χ1n) is 11.0. The Morgan fingerprint density at radius 3 is 2.68 bits per heavy atom. The van der Waals surface area contributed by atoms with E-state index in [0.717, 1.165) is 55.2 Å². The summed E-state index contributed by atoms with van der Waals surface area (Å²) in [4.78, 5) is 14.5. The second-order valence-corrected chi connectivity index (χ2v) is 8.17. The number of nitrogens with zero attached hydrogens (tertiary/aromatic N) is 1. The van der Waals surface area contributed by atoms with E-state index in [4.69, 9.17) is 9.47 Å². The van der Waals surface area contributed by atoms with Crippen LogP contribution in [0.25, 0.3) is 10.9 Å². The number of nitrogens with one attached hydrogen (secondary N) is 2. The normalized spacial score (nSPS) is 15.7. The van der Waals surface area contributed by atoms with Crippen molar-refractivity contribution < 1.29 is 19.2 Å². The molecule has 0 aliphatic carbocycles. The summed E-state index contributed by atoms with van der Waals surface area (Å²) in [6.07, 6.45) is 2.53. The van der Waals surface area contributed by atoms with Crippen LogP contribution in [0.15, 0.2) is 54.7 Å². The monoisotopic (exact) mass is 422 g/mol. The van der Waals surface area contributed by atoms with Gasteiger partial charge < -0.3 is 24.3 Å². The number of rotatable bonds is 8. The quantitative estimate of drug-likeness (QED) is 0.582. The van der Waals surface area contributed by atoms with Crippen LogP contribution in [0.4, 0.5) is 0 Å². The minimum atomic E-state index is -0.0852. The molecule has 6 heteroatoms. The Hall–Kier alpha value is -2.83. The number of para-hydroxylation sites is 2. The van der Waals surface area contributed by atoms with Crippen LogP contribution in [0.2, 0.25) is 0 Å². The van der Waals surface area contributed by atoms with E-state index in [1.807, 2.05) is 24.3 Å². The van der Waals surface area contributed by atoms with Crippen molar-refractivity contribution in [1.29, 1.82) is 0 Å². The van der Waals surface area contributed by atoms with E-state index in [-0.39, 0.29) is 11.8 Å². The summed E-state index contributed by atoms with van der Waals surface area (Å²) in [7, 11) is 3.74. The van der Waals surface area contributed by atoms with Crippen LogP contribution in [0, 0.1) is 0 Å². The fourth-order valence-corrected chi connectivity index (χ4v) is 4.54. The summed E-state index contributed by atoms with van der Waals surface area (Å²) in [5, 5.41) is 4.32. The largest absolute Gasteiger partial charge is 0.496 e. The molecule has 1 aromatic heterocycles. The van der Waals surface area contributed by atoms with Gasteiger partial charge in [-0.3, -0.25) is 4.79 Å². The highest BCUT2D eigenvalue weighted by Gasteiger charge is 2.25. The third-order valence-electron chi connectivity index (χ3n) is 6.21. The molecule has 2 heterocycles. The Kier molecular flexibility index (Phi) is 6.89. The van der Waals surface area contributed by atoms with E-state index in [1.54, 1.807) is 7.11 Å². The highest BCUT2D eigenvalue weighted by molar-refractivity contribution is 5.86. The molecule has 1 saturated heterocycles. The molecule has 0 saturated carbocycles. The fraction of sp³-hybridized carbons (Fsp3) is 0.400. The van der Waals surface area contributed by atoms with Gasteiger partial charge in [0.1, 0.15) is 18.8 Å². The Labute approximate surface area is 183 Å². The van der Waals surface area contributed by atoms with Gasteiger partial charge >= 0.3 is 0 Å². The van der Waals surface area contributed by atoms with E-state index in [9.17, 15) is 4.79 Å². The molecule has 6 nitrogen and oxygen atoms in total. The van der Waals surface area contributed by atoms with Gasteiger partial charge in [0, 0.05) is 42.0 Å². The Morgan fingerprint density at radius 2 is 1.87 bits per heavy atom. The lowest BCUT2D eigenvalue weighted by Gasteiger charge is -2.24. The number of fused-ring (bicyclic) bond motifs is 1. The van der Waals surface area contributed by atoms with Crippen molar-refractivity contribution in [2.75, 3.05) is 46.5 Å². The van der Waals surface area contributed by atoms with Crippen molar-refractivity contribution in [3.63, 3.8) is 0 Å². The van der Waals surface area contributed by atoms with Gasteiger partial charge in [-0.05, 0) is 17.7 Å². The van der Waals surface area contributed by atoms with Crippen LogP contribution in [-0.4, -0.2) is 57.0 Å². The van der Waals surface area contributed by atoms with E-state index < -0.39 is 0 Å². The molecule has 3 aromatic rings. The number of quaternary nitrogens is 1. The Morgan fingerprint density at radius 1 is 1.13 bits per heavy atom. The van der Waals surface area contributed by atoms with Crippen molar-refractivity contribution in [1.82, 2.24) is 9.88 Å². The number of benzene rings is 2. The lowest BCUT2D eigenvalue weighted by Crippen LogP contribution is -3.14. The average molecular weight is 423 g/mol. The molecule has 31 heavy (non-hydrogen) atoms. The van der Waals surface area contributed by atoms with Crippen LogP contribution < -0.4 is 15.0 Å². The van der Waals surface area contributed by atoms with Gasteiger partial charge in [0.05, 0.1) is 33.4 Å². The number of amides is 1. The summed E-state index contributed by atoms with van der Waals surface area (Å²) < 4.78 is 13.2. The predicted molar refractivity (Wildman–Crippen MR) is 122 cm³/mol. The smallest absolute Gasteiger partial charge is 0.221 e. The zero-order valence-electron chi connectivity index (χ0n) is 18.4. The number of aromatic nitrogens is 1. The first-order valence-corrected chi connectivity index (χ1v) is 11.0. The Balaban J connectivity index is 1.56. The van der Waals surface area contributed by atoms with Crippen molar-refractivity contribution in [3.05, 3.63) is 65.9 Å². The number of ether oxygens (including phenoxy) is 2. The number of carbonyl (C=O) groups is 1. The molecule has 0 unspecified atom stereocenters. The van der Waals surface area contributed by atoms with Crippen molar-refractivity contribution in [3.8, 4) is 5.75 Å². The fourth-order valence-electron chi connectivity index (χ4n) is 4.54. The highest BCUT2D eigenvalue weighted by Crippen LogP contribution is 2.38. The summed E-state index contributed by atoms with van der Waals surface area (Å²) in [6, 6.07) is 16.4. The molecule has 0 spiro atoms. The second-order valence-electron chi connectivity index (χ2n) is 8.17. The van der Waals surface area contributed by atoms with Crippen LogP contribution in [-0.2, 0) is 16.6 Å². The lowest BCUT2D eigenvalue weighted by atomic mass is 9.87. The first kappa shape index (κ1) is 21.4. The SMILES string of the molecule is COc1ccccc1[C@H](CC(=O)NCC[NH+]1CCOCC1)c1cn(C)c2ccccc12. The number of hydrogen-bond acceptors (Lipinski definition) is 3. The Bertz CT molecular complexity index is 1020. The summed E-state index contributed by atoms with van der Waals surface area (Å²) in [5.74, 6) is 0.792. The van der Waals surface area contributed by atoms with E-state index in [0.29, 0.717) is 13.0 Å². The second kappa shape index (κ2) is 9.98. The van der Waals surface area contributed by atoms with E-state index in [1.165, 1.54) is 10.3 Å². The first-order chi connectivity index (χ1) is 15.2. The number of morpholine rings is 1. The molecule has 2 N–H and O–H groups in total. The maximum absolute atomic E-state index is 13.0. The molecule has 0 bridgehead atoms. The van der Waals surface area contributed by atoms with Crippen LogP contribution >= 0.6 is 0 Å². The predicted octanol–water partition coefficient (Wildman–Crippen LogP) is 1.74.